The second-order valence-electron chi connectivity index (χ2n) is 6.58. The molecule has 0 aliphatic carbocycles. The second-order valence-corrected chi connectivity index (χ2v) is 6.58. The molecule has 2 aliphatic rings. The van der Waals surface area contributed by atoms with Crippen molar-refractivity contribution >= 4 is 5.91 Å². The van der Waals surface area contributed by atoms with Crippen molar-refractivity contribution in [2.45, 2.75) is 31.6 Å². The standard InChI is InChI=1S/C18H21F3N2O/c1-2-17(24)23-11-14-4-3-9-22(16(14)12-23)10-13-5-7-15(8-6-13)18(19,20)21/h2,5-8,14,16H,1,3-4,9-12H2/t14-,16+/m0/s1. The van der Waals surface area contributed by atoms with E-state index in [0.717, 1.165) is 43.6 Å². The molecule has 2 aliphatic heterocycles. The fourth-order valence-electron chi connectivity index (χ4n) is 3.81. The average molecular weight is 338 g/mol. The zero-order valence-electron chi connectivity index (χ0n) is 13.4. The monoisotopic (exact) mass is 338 g/mol. The Morgan fingerprint density at radius 1 is 1.25 bits per heavy atom. The van der Waals surface area contributed by atoms with Gasteiger partial charge in [-0.25, -0.2) is 0 Å². The van der Waals surface area contributed by atoms with Gasteiger partial charge in [-0.3, -0.25) is 9.69 Å². The van der Waals surface area contributed by atoms with E-state index in [1.165, 1.54) is 6.08 Å². The van der Waals surface area contributed by atoms with Crippen LogP contribution in [0.5, 0.6) is 0 Å². The molecule has 0 N–H and O–H groups in total. The van der Waals surface area contributed by atoms with Crippen LogP contribution < -0.4 is 0 Å². The maximum Gasteiger partial charge on any atom is 0.416 e. The lowest BCUT2D eigenvalue weighted by atomic mass is 9.91. The van der Waals surface area contributed by atoms with Crippen LogP contribution in [0.25, 0.3) is 0 Å². The van der Waals surface area contributed by atoms with Crippen molar-refractivity contribution in [3.63, 3.8) is 0 Å². The van der Waals surface area contributed by atoms with Crippen molar-refractivity contribution in [2.75, 3.05) is 19.6 Å². The number of fused-ring (bicyclic) bond motifs is 1. The third-order valence-electron chi connectivity index (χ3n) is 5.05. The van der Waals surface area contributed by atoms with Gasteiger partial charge in [-0.2, -0.15) is 13.2 Å². The molecular formula is C18H21F3N2O. The predicted octanol–water partition coefficient (Wildman–Crippen LogP) is 3.31. The Morgan fingerprint density at radius 2 is 1.96 bits per heavy atom. The summed E-state index contributed by atoms with van der Waals surface area (Å²) >= 11 is 0. The number of likely N-dealkylation sites (tertiary alicyclic amines) is 2. The van der Waals surface area contributed by atoms with E-state index >= 15 is 0 Å². The minimum Gasteiger partial charge on any atom is -0.337 e. The molecule has 2 atom stereocenters. The Balaban J connectivity index is 1.68. The highest BCUT2D eigenvalue weighted by Gasteiger charge is 2.40. The average Bonchev–Trinajstić information content (AvgIpc) is 2.99. The topological polar surface area (TPSA) is 23.6 Å². The molecule has 0 bridgehead atoms. The van der Waals surface area contributed by atoms with Gasteiger partial charge >= 0.3 is 6.18 Å². The van der Waals surface area contributed by atoms with E-state index in [1.54, 1.807) is 12.1 Å². The smallest absolute Gasteiger partial charge is 0.337 e. The van der Waals surface area contributed by atoms with E-state index in [-0.39, 0.29) is 11.9 Å². The Kier molecular flexibility index (Phi) is 4.67. The van der Waals surface area contributed by atoms with Gasteiger partial charge in [0, 0.05) is 25.7 Å². The van der Waals surface area contributed by atoms with Crippen molar-refractivity contribution in [3.8, 4) is 0 Å². The quantitative estimate of drug-likeness (QED) is 0.790. The molecule has 1 amide bonds. The summed E-state index contributed by atoms with van der Waals surface area (Å²) in [4.78, 5) is 16.0. The van der Waals surface area contributed by atoms with Crippen LogP contribution in [0.15, 0.2) is 36.9 Å². The number of benzene rings is 1. The molecule has 0 aromatic heterocycles. The number of alkyl halides is 3. The maximum absolute atomic E-state index is 12.7. The molecule has 0 radical (unpaired) electrons. The van der Waals surface area contributed by atoms with Crippen LogP contribution in [-0.2, 0) is 17.5 Å². The van der Waals surface area contributed by atoms with Crippen molar-refractivity contribution in [2.24, 2.45) is 5.92 Å². The number of carbonyl (C=O) groups excluding carboxylic acids is 1. The van der Waals surface area contributed by atoms with Gasteiger partial charge in [0.2, 0.25) is 5.91 Å². The number of rotatable bonds is 3. The van der Waals surface area contributed by atoms with Gasteiger partial charge in [0.1, 0.15) is 0 Å². The highest BCUT2D eigenvalue weighted by molar-refractivity contribution is 5.87. The molecule has 1 aromatic rings. The number of carbonyl (C=O) groups is 1. The van der Waals surface area contributed by atoms with Crippen LogP contribution in [-0.4, -0.2) is 41.4 Å². The van der Waals surface area contributed by atoms with Crippen LogP contribution in [0.2, 0.25) is 0 Å². The van der Waals surface area contributed by atoms with Crippen LogP contribution >= 0.6 is 0 Å². The number of amides is 1. The van der Waals surface area contributed by atoms with E-state index < -0.39 is 11.7 Å². The van der Waals surface area contributed by atoms with Crippen LogP contribution in [0.4, 0.5) is 13.2 Å². The Labute approximate surface area is 139 Å². The summed E-state index contributed by atoms with van der Waals surface area (Å²) in [7, 11) is 0. The minimum atomic E-state index is -4.30. The fraction of sp³-hybridized carbons (Fsp3) is 0.500. The van der Waals surface area contributed by atoms with Gasteiger partial charge < -0.3 is 4.90 Å². The lowest BCUT2D eigenvalue weighted by Crippen LogP contribution is -2.44. The first-order valence-electron chi connectivity index (χ1n) is 8.20. The van der Waals surface area contributed by atoms with Gasteiger partial charge in [-0.1, -0.05) is 18.7 Å². The zero-order chi connectivity index (χ0) is 17.3. The van der Waals surface area contributed by atoms with Gasteiger partial charge in [0.15, 0.2) is 0 Å². The molecule has 0 saturated carbocycles. The fourth-order valence-corrected chi connectivity index (χ4v) is 3.81. The lowest BCUT2D eigenvalue weighted by molar-refractivity contribution is -0.137. The first-order chi connectivity index (χ1) is 11.4. The molecule has 0 unspecified atom stereocenters. The van der Waals surface area contributed by atoms with Gasteiger partial charge in [0.25, 0.3) is 0 Å². The minimum absolute atomic E-state index is 0.0427. The molecule has 2 fully saturated rings. The van der Waals surface area contributed by atoms with Crippen molar-refractivity contribution in [1.29, 1.82) is 0 Å². The van der Waals surface area contributed by atoms with E-state index in [9.17, 15) is 18.0 Å². The van der Waals surface area contributed by atoms with Gasteiger partial charge in [-0.15, -0.1) is 0 Å². The lowest BCUT2D eigenvalue weighted by Gasteiger charge is -2.36. The second kappa shape index (κ2) is 6.59. The van der Waals surface area contributed by atoms with E-state index in [1.807, 2.05) is 4.90 Å². The van der Waals surface area contributed by atoms with Crippen LogP contribution in [0, 0.1) is 5.92 Å². The molecule has 0 spiro atoms. The van der Waals surface area contributed by atoms with E-state index in [2.05, 4.69) is 11.5 Å². The van der Waals surface area contributed by atoms with Crippen LogP contribution in [0.3, 0.4) is 0 Å². The molecule has 6 heteroatoms. The Morgan fingerprint density at radius 3 is 2.58 bits per heavy atom. The van der Waals surface area contributed by atoms with Gasteiger partial charge in [-0.05, 0) is 49.1 Å². The summed E-state index contributed by atoms with van der Waals surface area (Å²) in [5, 5.41) is 0. The molecule has 3 nitrogen and oxygen atoms in total. The first kappa shape index (κ1) is 17.0. The molecule has 24 heavy (non-hydrogen) atoms. The summed E-state index contributed by atoms with van der Waals surface area (Å²) in [5.41, 5.74) is 0.253. The number of hydrogen-bond acceptors (Lipinski definition) is 2. The predicted molar refractivity (Wildman–Crippen MR) is 85.1 cm³/mol. The Bertz CT molecular complexity index is 612. The normalized spacial score (nSPS) is 24.7. The molecule has 3 rings (SSSR count). The molecular weight excluding hydrogens is 317 g/mol. The maximum atomic E-state index is 12.7. The summed E-state index contributed by atoms with van der Waals surface area (Å²) in [6.07, 6.45) is -0.809. The SMILES string of the molecule is C=CC(=O)N1C[C@@H]2CCCN(Cc3ccc(C(F)(F)F)cc3)[C@@H]2C1. The summed E-state index contributed by atoms with van der Waals surface area (Å²) in [5.74, 6) is 0.399. The summed E-state index contributed by atoms with van der Waals surface area (Å²) < 4.78 is 38.0. The number of nitrogens with zero attached hydrogens (tertiary/aromatic N) is 2. The molecule has 130 valence electrons. The number of piperidine rings is 1. The number of hydrogen-bond donors (Lipinski definition) is 0. The molecule has 1 aromatic carbocycles. The van der Waals surface area contributed by atoms with Crippen LogP contribution in [0.1, 0.15) is 24.0 Å². The molecule has 2 heterocycles. The zero-order valence-corrected chi connectivity index (χ0v) is 13.4. The van der Waals surface area contributed by atoms with Crippen molar-refractivity contribution in [1.82, 2.24) is 9.80 Å². The Hall–Kier alpha value is -1.82. The summed E-state index contributed by atoms with van der Waals surface area (Å²) in [6, 6.07) is 5.66. The first-order valence-corrected chi connectivity index (χ1v) is 8.20. The number of halogens is 3. The highest BCUT2D eigenvalue weighted by atomic mass is 19.4. The third kappa shape index (κ3) is 3.48. The summed E-state index contributed by atoms with van der Waals surface area (Å²) in [6.45, 7) is 6.50. The van der Waals surface area contributed by atoms with E-state index in [4.69, 9.17) is 0 Å². The molecule has 2 saturated heterocycles. The van der Waals surface area contributed by atoms with Crippen molar-refractivity contribution in [3.05, 3.63) is 48.0 Å². The van der Waals surface area contributed by atoms with Crippen molar-refractivity contribution < 1.29 is 18.0 Å². The van der Waals surface area contributed by atoms with Gasteiger partial charge in [0.05, 0.1) is 5.56 Å². The third-order valence-corrected chi connectivity index (χ3v) is 5.05. The van der Waals surface area contributed by atoms with E-state index in [0.29, 0.717) is 19.0 Å². The highest BCUT2D eigenvalue weighted by Crippen LogP contribution is 2.33. The largest absolute Gasteiger partial charge is 0.416 e.